The van der Waals surface area contributed by atoms with Gasteiger partial charge < -0.3 is 30.2 Å². The number of rotatable bonds is 12. The van der Waals surface area contributed by atoms with Gasteiger partial charge in [0.25, 0.3) is 0 Å². The first-order valence-electron chi connectivity index (χ1n) is 10.6. The molecule has 0 aliphatic carbocycles. The zero-order chi connectivity index (χ0) is 22.1. The van der Waals surface area contributed by atoms with Crippen molar-refractivity contribution in [2.45, 2.75) is 26.7 Å². The van der Waals surface area contributed by atoms with E-state index in [9.17, 15) is 20.4 Å². The van der Waals surface area contributed by atoms with Crippen molar-refractivity contribution in [3.8, 4) is 0 Å². The summed E-state index contributed by atoms with van der Waals surface area (Å²) in [5, 5.41) is 37.2. The molecule has 0 radical (unpaired) electrons. The van der Waals surface area contributed by atoms with Crippen LogP contribution in [0.1, 0.15) is 35.1 Å². The van der Waals surface area contributed by atoms with E-state index in [1.165, 1.54) is 22.3 Å². The minimum atomic E-state index is 0.0479. The molecule has 0 fully saturated rings. The fourth-order valence-corrected chi connectivity index (χ4v) is 4.08. The summed E-state index contributed by atoms with van der Waals surface area (Å²) in [7, 11) is 0. The molecule has 2 rings (SSSR count). The van der Waals surface area contributed by atoms with Gasteiger partial charge in [-0.15, -0.1) is 0 Å². The van der Waals surface area contributed by atoms with E-state index >= 15 is 0 Å². The Balaban J connectivity index is 2.28. The highest BCUT2D eigenvalue weighted by molar-refractivity contribution is 5.56. The van der Waals surface area contributed by atoms with Gasteiger partial charge in [0, 0.05) is 43.5 Å². The van der Waals surface area contributed by atoms with Crippen molar-refractivity contribution in [1.29, 1.82) is 0 Å². The minimum Gasteiger partial charge on any atom is -0.395 e. The Morgan fingerprint density at radius 1 is 0.633 bits per heavy atom. The highest BCUT2D eigenvalue weighted by atomic mass is 16.3. The van der Waals surface area contributed by atoms with Crippen LogP contribution >= 0.6 is 0 Å². The Hall–Kier alpha value is -2.12. The van der Waals surface area contributed by atoms with E-state index in [4.69, 9.17) is 0 Å². The van der Waals surface area contributed by atoms with Gasteiger partial charge in [0.05, 0.1) is 26.4 Å². The predicted molar refractivity (Wildman–Crippen MR) is 123 cm³/mol. The third-order valence-electron chi connectivity index (χ3n) is 5.65. The van der Waals surface area contributed by atoms with Crippen LogP contribution in [-0.2, 0) is 0 Å². The van der Waals surface area contributed by atoms with E-state index in [1.807, 2.05) is 9.80 Å². The second-order valence-corrected chi connectivity index (χ2v) is 7.67. The number of hydrogen-bond acceptors (Lipinski definition) is 6. The van der Waals surface area contributed by atoms with E-state index in [-0.39, 0.29) is 32.3 Å². The van der Waals surface area contributed by atoms with Crippen LogP contribution in [0.3, 0.4) is 0 Å². The van der Waals surface area contributed by atoms with Crippen molar-refractivity contribution < 1.29 is 20.4 Å². The van der Waals surface area contributed by atoms with Gasteiger partial charge in [-0.1, -0.05) is 19.1 Å². The van der Waals surface area contributed by atoms with Crippen LogP contribution < -0.4 is 9.80 Å². The van der Waals surface area contributed by atoms with Crippen LogP contribution in [0.2, 0.25) is 0 Å². The van der Waals surface area contributed by atoms with Crippen molar-refractivity contribution in [2.75, 3.05) is 62.4 Å². The third-order valence-corrected chi connectivity index (χ3v) is 5.65. The maximum absolute atomic E-state index is 9.29. The summed E-state index contributed by atoms with van der Waals surface area (Å²) in [6.07, 6.45) is 0. The fraction of sp³-hybridized carbons (Fsp3) is 0.500. The molecule has 0 saturated heterocycles. The Labute approximate surface area is 180 Å². The van der Waals surface area contributed by atoms with Crippen LogP contribution in [0.25, 0.3) is 0 Å². The maximum Gasteiger partial charge on any atom is 0.0606 e. The lowest BCUT2D eigenvalue weighted by Gasteiger charge is -2.26. The third kappa shape index (κ3) is 5.95. The van der Waals surface area contributed by atoms with Gasteiger partial charge in [-0.3, -0.25) is 0 Å². The normalized spacial score (nSPS) is 11.2. The largest absolute Gasteiger partial charge is 0.395 e. The molecule has 2 aromatic rings. The van der Waals surface area contributed by atoms with Crippen molar-refractivity contribution in [1.82, 2.24) is 0 Å². The van der Waals surface area contributed by atoms with E-state index in [1.54, 1.807) is 0 Å². The summed E-state index contributed by atoms with van der Waals surface area (Å²) in [5.74, 6) is 0.210. The molecule has 0 aromatic heterocycles. The molecule has 0 saturated carbocycles. The molecule has 166 valence electrons. The molecule has 0 unspecified atom stereocenters. The summed E-state index contributed by atoms with van der Waals surface area (Å²) in [5.41, 5.74) is 6.83. The van der Waals surface area contributed by atoms with Gasteiger partial charge in [-0.2, -0.15) is 0 Å². The molecule has 0 atom stereocenters. The van der Waals surface area contributed by atoms with Gasteiger partial charge in [-0.05, 0) is 60.4 Å². The molecule has 30 heavy (non-hydrogen) atoms. The summed E-state index contributed by atoms with van der Waals surface area (Å²) in [4.78, 5) is 3.97. The molecule has 0 bridgehead atoms. The van der Waals surface area contributed by atoms with E-state index < -0.39 is 0 Å². The quantitative estimate of drug-likeness (QED) is 0.424. The lowest BCUT2D eigenvalue weighted by atomic mass is 9.87. The molecule has 0 amide bonds. The van der Waals surface area contributed by atoms with Gasteiger partial charge in [-0.25, -0.2) is 0 Å². The Bertz CT molecular complexity index is 719. The van der Waals surface area contributed by atoms with Gasteiger partial charge in [0.15, 0.2) is 0 Å². The number of aliphatic hydroxyl groups is 4. The molecule has 0 heterocycles. The second-order valence-electron chi connectivity index (χ2n) is 7.67. The first-order valence-corrected chi connectivity index (χ1v) is 10.6. The van der Waals surface area contributed by atoms with Gasteiger partial charge in [0.2, 0.25) is 0 Å². The van der Waals surface area contributed by atoms with Crippen LogP contribution in [-0.4, -0.2) is 73.0 Å². The molecule has 0 aliphatic rings. The average molecular weight is 417 g/mol. The SMILES string of the molecule is Cc1cc(N(CCO)CCO)ccc1C(C)c1ccc(N(CCO)CCO)cc1C. The van der Waals surface area contributed by atoms with E-state index in [0.29, 0.717) is 26.2 Å². The summed E-state index contributed by atoms with van der Waals surface area (Å²) < 4.78 is 0. The number of benzene rings is 2. The highest BCUT2D eigenvalue weighted by Crippen LogP contribution is 2.32. The smallest absolute Gasteiger partial charge is 0.0606 e. The zero-order valence-corrected chi connectivity index (χ0v) is 18.4. The molecule has 0 spiro atoms. The number of nitrogens with zero attached hydrogens (tertiary/aromatic N) is 2. The first kappa shape index (κ1) is 24.2. The molecule has 6 heteroatoms. The number of aliphatic hydroxyl groups excluding tert-OH is 4. The Morgan fingerprint density at radius 2 is 0.967 bits per heavy atom. The standard InChI is InChI=1S/C24H36N2O4/c1-18-16-21(25(8-12-27)9-13-28)4-6-23(18)20(3)24-7-5-22(17-19(24)2)26(10-14-29)11-15-30/h4-7,16-17,20,27-30H,8-15H2,1-3H3. The van der Waals surface area contributed by atoms with Crippen molar-refractivity contribution in [3.63, 3.8) is 0 Å². The van der Waals surface area contributed by atoms with Crippen LogP contribution in [0.5, 0.6) is 0 Å². The molecule has 0 aliphatic heterocycles. The molecular formula is C24H36N2O4. The van der Waals surface area contributed by atoms with Crippen molar-refractivity contribution >= 4 is 11.4 Å². The monoisotopic (exact) mass is 416 g/mol. The van der Waals surface area contributed by atoms with E-state index in [0.717, 1.165) is 11.4 Å². The predicted octanol–water partition coefficient (Wildman–Crippen LogP) is 2.04. The molecule has 6 nitrogen and oxygen atoms in total. The molecular weight excluding hydrogens is 380 g/mol. The molecule has 2 aromatic carbocycles. The van der Waals surface area contributed by atoms with Crippen LogP contribution in [0.15, 0.2) is 36.4 Å². The van der Waals surface area contributed by atoms with Crippen LogP contribution in [0, 0.1) is 13.8 Å². The first-order chi connectivity index (χ1) is 14.5. The summed E-state index contributed by atoms with van der Waals surface area (Å²) in [6.45, 7) is 8.56. The van der Waals surface area contributed by atoms with Crippen molar-refractivity contribution in [3.05, 3.63) is 58.7 Å². The number of hydrogen-bond donors (Lipinski definition) is 4. The Kier molecular flexibility index (Phi) is 9.59. The minimum absolute atomic E-state index is 0.0479. The lowest BCUT2D eigenvalue weighted by molar-refractivity contribution is 0.280. The summed E-state index contributed by atoms with van der Waals surface area (Å²) in [6, 6.07) is 12.6. The summed E-state index contributed by atoms with van der Waals surface area (Å²) >= 11 is 0. The zero-order valence-electron chi connectivity index (χ0n) is 18.4. The molecule has 4 N–H and O–H groups in total. The maximum atomic E-state index is 9.29. The van der Waals surface area contributed by atoms with E-state index in [2.05, 4.69) is 57.2 Å². The second kappa shape index (κ2) is 11.9. The number of anilines is 2. The van der Waals surface area contributed by atoms with Gasteiger partial charge in [0.1, 0.15) is 0 Å². The van der Waals surface area contributed by atoms with Crippen LogP contribution in [0.4, 0.5) is 11.4 Å². The van der Waals surface area contributed by atoms with Gasteiger partial charge >= 0.3 is 0 Å². The van der Waals surface area contributed by atoms with Crippen molar-refractivity contribution in [2.24, 2.45) is 0 Å². The lowest BCUT2D eigenvalue weighted by Crippen LogP contribution is -2.29. The Morgan fingerprint density at radius 3 is 1.23 bits per heavy atom. The topological polar surface area (TPSA) is 87.4 Å². The highest BCUT2D eigenvalue weighted by Gasteiger charge is 2.16. The number of aryl methyl sites for hydroxylation is 2. The fourth-order valence-electron chi connectivity index (χ4n) is 4.08. The average Bonchev–Trinajstić information content (AvgIpc) is 2.73.